The lowest BCUT2D eigenvalue weighted by molar-refractivity contribution is -0.383. The highest BCUT2D eigenvalue weighted by molar-refractivity contribution is 7.89. The first-order valence-electron chi connectivity index (χ1n) is 8.13. The van der Waals surface area contributed by atoms with Gasteiger partial charge in [-0.05, 0) is 37.3 Å². The Morgan fingerprint density at radius 3 is 2.41 bits per heavy atom. The molecule has 1 aromatic heterocycles. The summed E-state index contributed by atoms with van der Waals surface area (Å²) in [5.74, 6) is -0.463. The molecule has 12 heteroatoms. The highest BCUT2D eigenvalue weighted by Gasteiger charge is 2.25. The number of aromatic nitrogens is 2. The van der Waals surface area contributed by atoms with Crippen LogP contribution in [-0.4, -0.2) is 23.3 Å². The predicted molar refractivity (Wildman–Crippen MR) is 109 cm³/mol. The van der Waals surface area contributed by atoms with Crippen LogP contribution in [0.1, 0.15) is 5.56 Å². The molecule has 3 aromatic rings. The zero-order chi connectivity index (χ0) is 21.0. The van der Waals surface area contributed by atoms with Gasteiger partial charge in [0.25, 0.3) is 10.0 Å². The number of sulfonamides is 1. The number of benzene rings is 2. The van der Waals surface area contributed by atoms with Gasteiger partial charge in [0.2, 0.25) is 11.6 Å². The van der Waals surface area contributed by atoms with Gasteiger partial charge in [-0.1, -0.05) is 35.4 Å². The molecule has 0 radical (unpaired) electrons. The van der Waals surface area contributed by atoms with Crippen LogP contribution in [0.25, 0.3) is 0 Å². The van der Waals surface area contributed by atoms with E-state index >= 15 is 0 Å². The predicted octanol–water partition coefficient (Wildman–Crippen LogP) is 3.40. The minimum absolute atomic E-state index is 0.00964. The second-order valence-electron chi connectivity index (χ2n) is 5.86. The standard InChI is InChI=1S/C17H15ClN6O4S/c1-11-5-7-14(8-6-11)29(27,28)23-22-17-15(24(25)26)16(19-10-20-17)21-13-4-2-3-12(18)9-13/h2-10,23H,1H3,(H2,19,20,21,22). The molecule has 3 rings (SSSR count). The summed E-state index contributed by atoms with van der Waals surface area (Å²) in [7, 11) is -3.98. The fourth-order valence-electron chi connectivity index (χ4n) is 2.33. The topological polar surface area (TPSA) is 139 Å². The number of anilines is 3. The van der Waals surface area contributed by atoms with Crippen molar-refractivity contribution in [1.29, 1.82) is 0 Å². The summed E-state index contributed by atoms with van der Waals surface area (Å²) in [4.78, 5) is 20.6. The van der Waals surface area contributed by atoms with Crippen LogP contribution in [-0.2, 0) is 10.0 Å². The summed E-state index contributed by atoms with van der Waals surface area (Å²) in [5, 5.41) is 14.8. The maximum atomic E-state index is 12.4. The van der Waals surface area contributed by atoms with Gasteiger partial charge in [-0.25, -0.2) is 18.4 Å². The molecule has 29 heavy (non-hydrogen) atoms. The smallest absolute Gasteiger partial charge is 0.334 e. The molecule has 0 amide bonds. The number of aryl methyl sites for hydroxylation is 1. The summed E-state index contributed by atoms with van der Waals surface area (Å²) < 4.78 is 24.8. The fourth-order valence-corrected chi connectivity index (χ4v) is 3.36. The quantitative estimate of drug-likeness (QED) is 0.379. The summed E-state index contributed by atoms with van der Waals surface area (Å²) in [5.41, 5.74) is 3.10. The number of nitrogens with one attached hydrogen (secondary N) is 3. The lowest BCUT2D eigenvalue weighted by Crippen LogP contribution is -2.30. The lowest BCUT2D eigenvalue weighted by atomic mass is 10.2. The van der Waals surface area contributed by atoms with Gasteiger partial charge in [-0.2, -0.15) is 0 Å². The molecule has 0 aliphatic heterocycles. The fraction of sp³-hybridized carbons (Fsp3) is 0.0588. The van der Waals surface area contributed by atoms with Crippen LogP contribution in [0.5, 0.6) is 0 Å². The molecule has 0 aliphatic rings. The Labute approximate surface area is 171 Å². The summed E-state index contributed by atoms with van der Waals surface area (Å²) >= 11 is 5.92. The Morgan fingerprint density at radius 1 is 1.07 bits per heavy atom. The molecule has 0 bridgehead atoms. The molecular weight excluding hydrogens is 420 g/mol. The van der Waals surface area contributed by atoms with Crippen LogP contribution in [0, 0.1) is 17.0 Å². The van der Waals surface area contributed by atoms with Crippen LogP contribution >= 0.6 is 11.6 Å². The minimum Gasteiger partial charge on any atom is -0.334 e. The van der Waals surface area contributed by atoms with E-state index in [0.717, 1.165) is 11.9 Å². The number of hydrogen-bond acceptors (Lipinski definition) is 8. The zero-order valence-corrected chi connectivity index (χ0v) is 16.5. The molecule has 0 aliphatic carbocycles. The van der Waals surface area contributed by atoms with Crippen LogP contribution < -0.4 is 15.6 Å². The highest BCUT2D eigenvalue weighted by atomic mass is 35.5. The number of hydrogen-bond donors (Lipinski definition) is 3. The van der Waals surface area contributed by atoms with Gasteiger partial charge in [-0.3, -0.25) is 15.5 Å². The molecule has 1 heterocycles. The van der Waals surface area contributed by atoms with E-state index in [2.05, 4.69) is 25.5 Å². The Bertz CT molecular complexity index is 1150. The molecule has 10 nitrogen and oxygen atoms in total. The summed E-state index contributed by atoms with van der Waals surface area (Å²) in [6.07, 6.45) is 1.06. The van der Waals surface area contributed by atoms with Crippen LogP contribution in [0.15, 0.2) is 59.8 Å². The van der Waals surface area contributed by atoms with E-state index in [1.54, 1.807) is 36.4 Å². The van der Waals surface area contributed by atoms with Gasteiger partial charge in [-0.15, -0.1) is 4.83 Å². The van der Waals surface area contributed by atoms with Crippen molar-refractivity contribution in [2.75, 3.05) is 10.7 Å². The Balaban J connectivity index is 1.87. The number of nitrogens with zero attached hydrogens (tertiary/aromatic N) is 3. The number of rotatable bonds is 7. The molecule has 0 saturated carbocycles. The molecule has 0 saturated heterocycles. The molecular formula is C17H15ClN6O4S. The zero-order valence-electron chi connectivity index (χ0n) is 15.0. The van der Waals surface area contributed by atoms with Gasteiger partial charge in [0.15, 0.2) is 0 Å². The normalized spacial score (nSPS) is 11.1. The molecule has 0 spiro atoms. The van der Waals surface area contributed by atoms with Gasteiger partial charge in [0.1, 0.15) is 6.33 Å². The first kappa shape index (κ1) is 20.5. The van der Waals surface area contributed by atoms with Crippen molar-refractivity contribution in [1.82, 2.24) is 14.8 Å². The van der Waals surface area contributed by atoms with Crippen molar-refractivity contribution in [3.8, 4) is 0 Å². The Kier molecular flexibility index (Phi) is 5.92. The molecule has 0 unspecified atom stereocenters. The van der Waals surface area contributed by atoms with E-state index in [4.69, 9.17) is 11.6 Å². The van der Waals surface area contributed by atoms with Gasteiger partial charge >= 0.3 is 5.69 Å². The van der Waals surface area contributed by atoms with Crippen molar-refractivity contribution >= 4 is 44.6 Å². The molecule has 3 N–H and O–H groups in total. The van der Waals surface area contributed by atoms with E-state index in [9.17, 15) is 18.5 Å². The SMILES string of the molecule is Cc1ccc(S(=O)(=O)NNc2ncnc(Nc3cccc(Cl)c3)c2[N+](=O)[O-])cc1. The molecule has 0 atom stereocenters. The molecule has 2 aromatic carbocycles. The van der Waals surface area contributed by atoms with Gasteiger partial charge in [0.05, 0.1) is 9.82 Å². The summed E-state index contributed by atoms with van der Waals surface area (Å²) in [6.45, 7) is 1.82. The Hall–Kier alpha value is -3.28. The number of nitro groups is 1. The maximum Gasteiger partial charge on any atom is 0.354 e. The van der Waals surface area contributed by atoms with E-state index in [1.807, 2.05) is 6.92 Å². The third-order valence-corrected chi connectivity index (χ3v) is 5.23. The van der Waals surface area contributed by atoms with Crippen molar-refractivity contribution in [3.63, 3.8) is 0 Å². The summed E-state index contributed by atoms with van der Waals surface area (Å²) in [6, 6.07) is 12.6. The second-order valence-corrected chi connectivity index (χ2v) is 7.97. The van der Waals surface area contributed by atoms with Crippen molar-refractivity contribution in [2.45, 2.75) is 11.8 Å². The van der Waals surface area contributed by atoms with E-state index in [0.29, 0.717) is 10.7 Å². The van der Waals surface area contributed by atoms with Crippen LogP contribution in [0.2, 0.25) is 5.02 Å². The van der Waals surface area contributed by atoms with Crippen LogP contribution in [0.3, 0.4) is 0 Å². The van der Waals surface area contributed by atoms with E-state index in [1.165, 1.54) is 12.1 Å². The van der Waals surface area contributed by atoms with Crippen molar-refractivity contribution in [2.24, 2.45) is 0 Å². The average Bonchev–Trinajstić information content (AvgIpc) is 2.66. The third kappa shape index (κ3) is 4.96. The van der Waals surface area contributed by atoms with Crippen LogP contribution in [0.4, 0.5) is 23.0 Å². The highest BCUT2D eigenvalue weighted by Crippen LogP contribution is 2.31. The van der Waals surface area contributed by atoms with Crippen molar-refractivity contribution in [3.05, 3.63) is 75.6 Å². The third-order valence-electron chi connectivity index (χ3n) is 3.73. The monoisotopic (exact) mass is 434 g/mol. The average molecular weight is 435 g/mol. The number of hydrazine groups is 1. The van der Waals surface area contributed by atoms with Crippen molar-refractivity contribution < 1.29 is 13.3 Å². The first-order valence-corrected chi connectivity index (χ1v) is 9.99. The maximum absolute atomic E-state index is 12.4. The van der Waals surface area contributed by atoms with E-state index < -0.39 is 20.6 Å². The largest absolute Gasteiger partial charge is 0.354 e. The number of halogens is 1. The van der Waals surface area contributed by atoms with Gasteiger partial charge in [0, 0.05) is 10.7 Å². The van der Waals surface area contributed by atoms with Gasteiger partial charge < -0.3 is 5.32 Å². The molecule has 150 valence electrons. The minimum atomic E-state index is -3.98. The lowest BCUT2D eigenvalue weighted by Gasteiger charge is -2.11. The first-order chi connectivity index (χ1) is 13.8. The Morgan fingerprint density at radius 2 is 1.76 bits per heavy atom. The van der Waals surface area contributed by atoms with E-state index in [-0.39, 0.29) is 16.5 Å². The second kappa shape index (κ2) is 8.39. The molecule has 0 fully saturated rings.